The molecular formula is C23H26ClN7O. The van der Waals surface area contributed by atoms with Gasteiger partial charge in [0.15, 0.2) is 5.65 Å². The first kappa shape index (κ1) is 20.9. The summed E-state index contributed by atoms with van der Waals surface area (Å²) in [4.78, 5) is 25.5. The van der Waals surface area contributed by atoms with Crippen molar-refractivity contribution in [3.63, 3.8) is 0 Å². The van der Waals surface area contributed by atoms with Crippen molar-refractivity contribution in [3.05, 3.63) is 47.8 Å². The second kappa shape index (κ2) is 8.52. The Labute approximate surface area is 191 Å². The van der Waals surface area contributed by atoms with Crippen molar-refractivity contribution >= 4 is 34.4 Å². The van der Waals surface area contributed by atoms with Gasteiger partial charge in [0.1, 0.15) is 17.8 Å². The predicted molar refractivity (Wildman–Crippen MR) is 125 cm³/mol. The lowest BCUT2D eigenvalue weighted by molar-refractivity contribution is -0.125. The van der Waals surface area contributed by atoms with Gasteiger partial charge in [0.2, 0.25) is 5.91 Å². The van der Waals surface area contributed by atoms with Gasteiger partial charge in [-0.2, -0.15) is 5.10 Å². The molecular weight excluding hydrogens is 426 g/mol. The van der Waals surface area contributed by atoms with Crippen LogP contribution in [0.4, 0.5) is 5.82 Å². The third-order valence-electron chi connectivity index (χ3n) is 6.28. The van der Waals surface area contributed by atoms with Gasteiger partial charge in [-0.15, -0.1) is 0 Å². The van der Waals surface area contributed by atoms with Crippen LogP contribution in [-0.2, 0) is 4.79 Å². The number of hydrogen-bond acceptors (Lipinski definition) is 6. The minimum Gasteiger partial charge on any atom is -0.383 e. The molecule has 1 saturated heterocycles. The molecule has 3 aromatic rings. The Kier molecular flexibility index (Phi) is 5.57. The van der Waals surface area contributed by atoms with E-state index < -0.39 is 0 Å². The van der Waals surface area contributed by atoms with Crippen molar-refractivity contribution in [2.24, 2.45) is 0 Å². The van der Waals surface area contributed by atoms with Gasteiger partial charge >= 0.3 is 0 Å². The molecule has 1 atom stereocenters. The number of hydrogen-bond donors (Lipinski definition) is 1. The number of nitrogens with zero attached hydrogens (tertiary/aromatic N) is 6. The highest BCUT2D eigenvalue weighted by molar-refractivity contribution is 6.30. The highest BCUT2D eigenvalue weighted by Gasteiger charge is 2.30. The van der Waals surface area contributed by atoms with Crippen LogP contribution in [0.2, 0.25) is 5.02 Å². The molecule has 3 heterocycles. The SMILES string of the molecule is CN(C/C=C/C(=O)N1CC[C@@H](n2nc(-c3ccc(Cl)cc3)c3c(N)ncnc32)C1)C1CC1. The van der Waals surface area contributed by atoms with E-state index in [2.05, 4.69) is 21.9 Å². The zero-order chi connectivity index (χ0) is 22.2. The quantitative estimate of drug-likeness (QED) is 0.578. The van der Waals surface area contributed by atoms with Gasteiger partial charge in [-0.3, -0.25) is 9.69 Å². The monoisotopic (exact) mass is 451 g/mol. The Morgan fingerprint density at radius 3 is 2.78 bits per heavy atom. The van der Waals surface area contributed by atoms with Gasteiger partial charge in [-0.25, -0.2) is 14.6 Å². The smallest absolute Gasteiger partial charge is 0.246 e. The van der Waals surface area contributed by atoms with E-state index in [1.807, 2.05) is 39.9 Å². The lowest BCUT2D eigenvalue weighted by atomic mass is 10.1. The standard InChI is InChI=1S/C23H26ClN7O/c1-29(17-8-9-17)11-2-3-19(32)30-12-10-18(13-30)31-23-20(22(25)26-14-27-23)21(28-31)15-4-6-16(24)7-5-15/h2-7,14,17-18H,8-13H2,1H3,(H2,25,26,27)/b3-2+/t18-/m1/s1. The second-order valence-electron chi connectivity index (χ2n) is 8.56. The number of likely N-dealkylation sites (N-methyl/N-ethyl adjacent to an activating group) is 1. The summed E-state index contributed by atoms with van der Waals surface area (Å²) in [6.45, 7) is 2.07. The summed E-state index contributed by atoms with van der Waals surface area (Å²) in [7, 11) is 2.10. The molecule has 2 aromatic heterocycles. The fourth-order valence-corrected chi connectivity index (χ4v) is 4.42. The van der Waals surface area contributed by atoms with Gasteiger partial charge in [-0.05, 0) is 38.4 Å². The number of carbonyl (C=O) groups is 1. The molecule has 9 heteroatoms. The second-order valence-corrected chi connectivity index (χ2v) is 8.99. The summed E-state index contributed by atoms with van der Waals surface area (Å²) in [5.41, 5.74) is 8.51. The highest BCUT2D eigenvalue weighted by atomic mass is 35.5. The molecule has 1 saturated carbocycles. The van der Waals surface area contributed by atoms with E-state index in [0.29, 0.717) is 35.6 Å². The number of halogens is 1. The average molecular weight is 452 g/mol. The van der Waals surface area contributed by atoms with Crippen LogP contribution < -0.4 is 5.73 Å². The number of fused-ring (bicyclic) bond motifs is 1. The first-order valence-electron chi connectivity index (χ1n) is 10.9. The summed E-state index contributed by atoms with van der Waals surface area (Å²) < 4.78 is 1.90. The topological polar surface area (TPSA) is 93.2 Å². The molecule has 0 unspecified atom stereocenters. The van der Waals surface area contributed by atoms with Gasteiger partial charge in [0.05, 0.1) is 11.4 Å². The number of nitrogens with two attached hydrogens (primary N) is 1. The van der Waals surface area contributed by atoms with Crippen molar-refractivity contribution in [3.8, 4) is 11.3 Å². The highest BCUT2D eigenvalue weighted by Crippen LogP contribution is 2.34. The molecule has 2 fully saturated rings. The van der Waals surface area contributed by atoms with Crippen LogP contribution in [-0.4, -0.2) is 68.2 Å². The summed E-state index contributed by atoms with van der Waals surface area (Å²) in [5.74, 6) is 0.431. The summed E-state index contributed by atoms with van der Waals surface area (Å²) in [6, 6.07) is 8.18. The number of benzene rings is 1. The van der Waals surface area contributed by atoms with E-state index in [0.717, 1.165) is 29.6 Å². The van der Waals surface area contributed by atoms with E-state index in [1.165, 1.54) is 19.2 Å². The number of aromatic nitrogens is 4. The predicted octanol–water partition coefficient (Wildman–Crippen LogP) is 3.15. The molecule has 1 aliphatic heterocycles. The van der Waals surface area contributed by atoms with Crippen molar-refractivity contribution in [1.29, 1.82) is 0 Å². The normalized spacial score (nSPS) is 19.0. The third-order valence-corrected chi connectivity index (χ3v) is 6.53. The Morgan fingerprint density at radius 2 is 2.03 bits per heavy atom. The Morgan fingerprint density at radius 1 is 1.25 bits per heavy atom. The number of rotatable bonds is 6. The summed E-state index contributed by atoms with van der Waals surface area (Å²) >= 11 is 6.05. The molecule has 0 bridgehead atoms. The minimum absolute atomic E-state index is 0.0272. The molecule has 32 heavy (non-hydrogen) atoms. The molecule has 1 aromatic carbocycles. The average Bonchev–Trinajstić information content (AvgIpc) is 3.39. The van der Waals surface area contributed by atoms with Gasteiger partial charge in [0, 0.05) is 42.3 Å². The van der Waals surface area contributed by atoms with Gasteiger partial charge < -0.3 is 10.6 Å². The van der Waals surface area contributed by atoms with Crippen molar-refractivity contribution in [2.45, 2.75) is 31.3 Å². The van der Waals surface area contributed by atoms with Gasteiger partial charge in [0.25, 0.3) is 0 Å². The van der Waals surface area contributed by atoms with Crippen molar-refractivity contribution in [1.82, 2.24) is 29.5 Å². The van der Waals surface area contributed by atoms with Crippen molar-refractivity contribution < 1.29 is 4.79 Å². The number of nitrogen functional groups attached to an aromatic ring is 1. The van der Waals surface area contributed by atoms with Crippen LogP contribution in [0, 0.1) is 0 Å². The molecule has 1 aliphatic carbocycles. The maximum atomic E-state index is 12.7. The Balaban J connectivity index is 1.37. The van der Waals surface area contributed by atoms with Crippen LogP contribution in [0.1, 0.15) is 25.3 Å². The summed E-state index contributed by atoms with van der Waals surface area (Å²) in [5, 5.41) is 6.25. The number of carbonyl (C=O) groups excluding carboxylic acids is 1. The third kappa shape index (κ3) is 4.08. The molecule has 0 spiro atoms. The van der Waals surface area contributed by atoms with Crippen LogP contribution >= 0.6 is 11.6 Å². The van der Waals surface area contributed by atoms with Crippen LogP contribution in [0.5, 0.6) is 0 Å². The molecule has 2 N–H and O–H groups in total. The molecule has 2 aliphatic rings. The van der Waals surface area contributed by atoms with Gasteiger partial charge in [-0.1, -0.05) is 29.8 Å². The fraction of sp³-hybridized carbons (Fsp3) is 0.391. The molecule has 0 radical (unpaired) electrons. The fourth-order valence-electron chi connectivity index (χ4n) is 4.29. The maximum absolute atomic E-state index is 12.7. The molecule has 1 amide bonds. The Hall–Kier alpha value is -2.97. The first-order valence-corrected chi connectivity index (χ1v) is 11.3. The lowest BCUT2D eigenvalue weighted by Crippen LogP contribution is -2.28. The van der Waals surface area contributed by atoms with E-state index in [1.54, 1.807) is 6.08 Å². The molecule has 8 nitrogen and oxygen atoms in total. The molecule has 166 valence electrons. The van der Waals surface area contributed by atoms with E-state index in [4.69, 9.17) is 22.4 Å². The van der Waals surface area contributed by atoms with E-state index in [9.17, 15) is 4.79 Å². The zero-order valence-electron chi connectivity index (χ0n) is 18.0. The van der Waals surface area contributed by atoms with E-state index >= 15 is 0 Å². The van der Waals surface area contributed by atoms with E-state index in [-0.39, 0.29) is 11.9 Å². The minimum atomic E-state index is 0.0272. The number of anilines is 1. The number of amides is 1. The maximum Gasteiger partial charge on any atom is 0.246 e. The summed E-state index contributed by atoms with van der Waals surface area (Å²) in [6.07, 6.45) is 8.44. The first-order chi connectivity index (χ1) is 15.5. The number of likely N-dealkylation sites (tertiary alicyclic amines) is 1. The van der Waals surface area contributed by atoms with Crippen LogP contribution in [0.15, 0.2) is 42.7 Å². The zero-order valence-corrected chi connectivity index (χ0v) is 18.7. The van der Waals surface area contributed by atoms with Crippen molar-refractivity contribution in [2.75, 3.05) is 32.4 Å². The van der Waals surface area contributed by atoms with Crippen LogP contribution in [0.25, 0.3) is 22.3 Å². The Bertz CT molecular complexity index is 1170. The lowest BCUT2D eigenvalue weighted by Gasteiger charge is -2.16. The molecule has 5 rings (SSSR count). The largest absolute Gasteiger partial charge is 0.383 e. The van der Waals surface area contributed by atoms with Crippen LogP contribution in [0.3, 0.4) is 0 Å².